The Labute approximate surface area is 164 Å². The number of amides is 1. The zero-order valence-electron chi connectivity index (χ0n) is 15.4. The molecule has 0 bridgehead atoms. The molecule has 7 heteroatoms. The van der Waals surface area contributed by atoms with Crippen molar-refractivity contribution < 1.29 is 4.79 Å². The van der Waals surface area contributed by atoms with Gasteiger partial charge in [-0.15, -0.1) is 0 Å². The third kappa shape index (κ3) is 5.91. The molecule has 0 radical (unpaired) electrons. The Balaban J connectivity index is 1.51. The van der Waals surface area contributed by atoms with Gasteiger partial charge < -0.3 is 10.2 Å². The van der Waals surface area contributed by atoms with Crippen molar-refractivity contribution in [2.24, 2.45) is 0 Å². The van der Waals surface area contributed by atoms with Crippen LogP contribution in [0.4, 0.5) is 0 Å². The average Bonchev–Trinajstić information content (AvgIpc) is 2.68. The minimum absolute atomic E-state index is 0.0794. The van der Waals surface area contributed by atoms with Gasteiger partial charge in [-0.2, -0.15) is 5.10 Å². The first-order valence-corrected chi connectivity index (χ1v) is 9.83. The Kier molecular flexibility index (Phi) is 7.01. The van der Waals surface area contributed by atoms with Gasteiger partial charge in [0.2, 0.25) is 5.91 Å². The van der Waals surface area contributed by atoms with E-state index >= 15 is 0 Å². The first kappa shape index (κ1) is 19.6. The van der Waals surface area contributed by atoms with Crippen molar-refractivity contribution in [2.75, 3.05) is 26.2 Å². The quantitative estimate of drug-likeness (QED) is 0.740. The van der Waals surface area contributed by atoms with E-state index in [9.17, 15) is 9.59 Å². The predicted molar refractivity (Wildman–Crippen MR) is 107 cm³/mol. The summed E-state index contributed by atoms with van der Waals surface area (Å²) in [6.45, 7) is 3.85. The van der Waals surface area contributed by atoms with Crippen molar-refractivity contribution >= 4 is 17.5 Å². The minimum atomic E-state index is -0.295. The third-order valence-corrected chi connectivity index (χ3v) is 4.97. The summed E-state index contributed by atoms with van der Waals surface area (Å²) < 4.78 is 1.20. The van der Waals surface area contributed by atoms with Gasteiger partial charge in [-0.3, -0.25) is 9.59 Å². The smallest absolute Gasteiger partial charge is 0.267 e. The lowest BCUT2D eigenvalue weighted by atomic mass is 10.1. The Morgan fingerprint density at radius 2 is 1.81 bits per heavy atom. The number of rotatable bonds is 7. The van der Waals surface area contributed by atoms with E-state index in [2.05, 4.69) is 15.3 Å². The predicted octanol–water partition coefficient (Wildman–Crippen LogP) is 2.56. The highest BCUT2D eigenvalue weighted by Gasteiger charge is 2.10. The zero-order valence-corrected chi connectivity index (χ0v) is 16.1. The fourth-order valence-electron chi connectivity index (χ4n) is 3.24. The van der Waals surface area contributed by atoms with E-state index in [0.717, 1.165) is 31.6 Å². The molecule has 3 rings (SSSR count). The maximum absolute atomic E-state index is 12.2. The third-order valence-electron chi connectivity index (χ3n) is 4.72. The lowest BCUT2D eigenvalue weighted by molar-refractivity contribution is -0.121. The Bertz CT molecular complexity index is 813. The standard InChI is InChI=1S/C20H25ClN4O2/c21-17-7-5-16(6-8-17)18-9-10-20(27)25(23-18)15-19(26)22-11-4-14-24-12-2-1-3-13-24/h5-10H,1-4,11-15H2,(H,22,26). The number of carbonyl (C=O) groups is 1. The van der Waals surface area contributed by atoms with Crippen molar-refractivity contribution in [1.82, 2.24) is 20.0 Å². The summed E-state index contributed by atoms with van der Waals surface area (Å²) in [5.74, 6) is -0.198. The van der Waals surface area contributed by atoms with E-state index in [1.165, 1.54) is 30.0 Å². The van der Waals surface area contributed by atoms with E-state index in [0.29, 0.717) is 17.3 Å². The summed E-state index contributed by atoms with van der Waals surface area (Å²) in [6, 6.07) is 10.3. The van der Waals surface area contributed by atoms with Gasteiger partial charge in [0.25, 0.3) is 5.56 Å². The molecule has 1 aliphatic heterocycles. The van der Waals surface area contributed by atoms with E-state index < -0.39 is 0 Å². The van der Waals surface area contributed by atoms with Crippen LogP contribution in [0.15, 0.2) is 41.2 Å². The first-order valence-electron chi connectivity index (χ1n) is 9.45. The number of hydrogen-bond acceptors (Lipinski definition) is 4. The largest absolute Gasteiger partial charge is 0.354 e. The molecule has 0 aliphatic carbocycles. The van der Waals surface area contributed by atoms with Gasteiger partial charge in [-0.25, -0.2) is 4.68 Å². The van der Waals surface area contributed by atoms with Crippen LogP contribution in [0.2, 0.25) is 5.02 Å². The first-order chi connectivity index (χ1) is 13.1. The summed E-state index contributed by atoms with van der Waals surface area (Å²) in [5, 5.41) is 7.82. The molecule has 27 heavy (non-hydrogen) atoms. The minimum Gasteiger partial charge on any atom is -0.354 e. The zero-order chi connectivity index (χ0) is 19.1. The fraction of sp³-hybridized carbons (Fsp3) is 0.450. The fourth-order valence-corrected chi connectivity index (χ4v) is 3.37. The van der Waals surface area contributed by atoms with Crippen LogP contribution >= 0.6 is 11.6 Å². The number of carbonyl (C=O) groups excluding carboxylic acids is 1. The number of halogens is 1. The molecule has 1 aromatic heterocycles. The van der Waals surface area contributed by atoms with Crippen LogP contribution in [0.3, 0.4) is 0 Å². The molecular weight excluding hydrogens is 364 g/mol. The van der Waals surface area contributed by atoms with Crippen molar-refractivity contribution in [3.8, 4) is 11.3 Å². The lowest BCUT2D eigenvalue weighted by Gasteiger charge is -2.26. The van der Waals surface area contributed by atoms with Gasteiger partial charge in [0.1, 0.15) is 6.54 Å². The van der Waals surface area contributed by atoms with Gasteiger partial charge >= 0.3 is 0 Å². The number of piperidine rings is 1. The van der Waals surface area contributed by atoms with Crippen LogP contribution in [0, 0.1) is 0 Å². The van der Waals surface area contributed by atoms with Crippen LogP contribution < -0.4 is 10.9 Å². The number of likely N-dealkylation sites (tertiary alicyclic amines) is 1. The van der Waals surface area contributed by atoms with Crippen LogP contribution in [0.5, 0.6) is 0 Å². The second-order valence-electron chi connectivity index (χ2n) is 6.83. The monoisotopic (exact) mass is 388 g/mol. The van der Waals surface area contributed by atoms with Gasteiger partial charge in [-0.05, 0) is 57.1 Å². The summed E-state index contributed by atoms with van der Waals surface area (Å²) >= 11 is 5.90. The van der Waals surface area contributed by atoms with E-state index in [-0.39, 0.29) is 18.0 Å². The van der Waals surface area contributed by atoms with E-state index in [1.54, 1.807) is 18.2 Å². The normalized spacial score (nSPS) is 14.9. The number of hydrogen-bond donors (Lipinski definition) is 1. The molecule has 0 saturated carbocycles. The van der Waals surface area contributed by atoms with E-state index in [1.807, 2.05) is 12.1 Å². The maximum Gasteiger partial charge on any atom is 0.267 e. The van der Waals surface area contributed by atoms with E-state index in [4.69, 9.17) is 11.6 Å². The highest BCUT2D eigenvalue weighted by molar-refractivity contribution is 6.30. The van der Waals surface area contributed by atoms with Crippen molar-refractivity contribution in [2.45, 2.75) is 32.2 Å². The van der Waals surface area contributed by atoms with Crippen molar-refractivity contribution in [1.29, 1.82) is 0 Å². The molecule has 1 N–H and O–H groups in total. The molecule has 2 aromatic rings. The van der Waals surface area contributed by atoms with Gasteiger partial charge in [0.15, 0.2) is 0 Å². The lowest BCUT2D eigenvalue weighted by Crippen LogP contribution is -2.36. The summed E-state index contributed by atoms with van der Waals surface area (Å²) in [7, 11) is 0. The molecule has 1 fully saturated rings. The topological polar surface area (TPSA) is 67.2 Å². The molecule has 1 saturated heterocycles. The van der Waals surface area contributed by atoms with Crippen LogP contribution in [0.1, 0.15) is 25.7 Å². The average molecular weight is 389 g/mol. The highest BCUT2D eigenvalue weighted by atomic mass is 35.5. The van der Waals surface area contributed by atoms with Crippen molar-refractivity contribution in [3.63, 3.8) is 0 Å². The van der Waals surface area contributed by atoms with Crippen LogP contribution in [0.25, 0.3) is 11.3 Å². The summed E-state index contributed by atoms with van der Waals surface area (Å²) in [6.07, 6.45) is 4.78. The Hall–Kier alpha value is -2.18. The maximum atomic E-state index is 12.2. The Morgan fingerprint density at radius 3 is 2.56 bits per heavy atom. The van der Waals surface area contributed by atoms with Crippen molar-refractivity contribution in [3.05, 3.63) is 51.8 Å². The second-order valence-corrected chi connectivity index (χ2v) is 7.26. The Morgan fingerprint density at radius 1 is 1.07 bits per heavy atom. The molecular formula is C20H25ClN4O2. The highest BCUT2D eigenvalue weighted by Crippen LogP contribution is 2.18. The molecule has 0 unspecified atom stereocenters. The summed E-state index contributed by atoms with van der Waals surface area (Å²) in [4.78, 5) is 26.6. The molecule has 0 atom stereocenters. The van der Waals surface area contributed by atoms with Gasteiger partial charge in [-0.1, -0.05) is 30.2 Å². The number of aromatic nitrogens is 2. The summed E-state index contributed by atoms with van der Waals surface area (Å²) in [5.41, 5.74) is 1.18. The molecule has 6 nitrogen and oxygen atoms in total. The molecule has 144 valence electrons. The molecule has 2 heterocycles. The molecule has 1 amide bonds. The van der Waals surface area contributed by atoms with Crippen LogP contribution in [-0.4, -0.2) is 46.8 Å². The molecule has 0 spiro atoms. The number of nitrogens with zero attached hydrogens (tertiary/aromatic N) is 3. The van der Waals surface area contributed by atoms with Gasteiger partial charge in [0, 0.05) is 23.2 Å². The van der Waals surface area contributed by atoms with Crippen LogP contribution in [-0.2, 0) is 11.3 Å². The van der Waals surface area contributed by atoms with Gasteiger partial charge in [0.05, 0.1) is 5.69 Å². The molecule has 1 aromatic carbocycles. The number of nitrogens with one attached hydrogen (secondary N) is 1. The SMILES string of the molecule is O=C(Cn1nc(-c2ccc(Cl)cc2)ccc1=O)NCCCN1CCCCC1. The molecule has 1 aliphatic rings. The number of benzene rings is 1. The second kappa shape index (κ2) is 9.67.